The maximum Gasteiger partial charge on any atom is 0.221 e. The Balaban J connectivity index is 2.16. The number of rotatable bonds is 4. The largest absolute Gasteiger partial charge is 0.352 e. The van der Waals surface area contributed by atoms with Crippen molar-refractivity contribution in [2.75, 3.05) is 5.75 Å². The van der Waals surface area contributed by atoms with Gasteiger partial charge in [-0.25, -0.2) is 0 Å². The smallest absolute Gasteiger partial charge is 0.221 e. The standard InChI is InChI=1S/C13H16N2OS/c1-15-9-10(8-14-13(16)6-7-17)11-4-2-3-5-12(11)15/h2-5,9,17H,6-8H2,1H3,(H,14,16). The molecular weight excluding hydrogens is 232 g/mol. The van der Waals surface area contributed by atoms with Crippen LogP contribution in [0.3, 0.4) is 0 Å². The molecule has 0 aliphatic carbocycles. The van der Waals surface area contributed by atoms with Gasteiger partial charge in [0, 0.05) is 37.1 Å². The number of aromatic nitrogens is 1. The van der Waals surface area contributed by atoms with E-state index in [1.54, 1.807) is 0 Å². The molecule has 4 heteroatoms. The van der Waals surface area contributed by atoms with Crippen LogP contribution in [0, 0.1) is 0 Å². The zero-order valence-electron chi connectivity index (χ0n) is 9.81. The van der Waals surface area contributed by atoms with Gasteiger partial charge in [0.1, 0.15) is 0 Å². The minimum absolute atomic E-state index is 0.0490. The van der Waals surface area contributed by atoms with Crippen LogP contribution < -0.4 is 5.32 Å². The van der Waals surface area contributed by atoms with E-state index in [-0.39, 0.29) is 5.91 Å². The van der Waals surface area contributed by atoms with Gasteiger partial charge in [-0.2, -0.15) is 12.6 Å². The zero-order valence-corrected chi connectivity index (χ0v) is 10.7. The summed E-state index contributed by atoms with van der Waals surface area (Å²) in [6.45, 7) is 0.577. The number of benzene rings is 1. The fourth-order valence-electron chi connectivity index (χ4n) is 1.95. The molecule has 17 heavy (non-hydrogen) atoms. The molecule has 0 unspecified atom stereocenters. The summed E-state index contributed by atoms with van der Waals surface area (Å²) in [5, 5.41) is 4.10. The van der Waals surface area contributed by atoms with Crippen molar-refractivity contribution in [1.82, 2.24) is 9.88 Å². The summed E-state index contributed by atoms with van der Waals surface area (Å²) in [5.41, 5.74) is 2.33. The topological polar surface area (TPSA) is 34.0 Å². The molecule has 0 bridgehead atoms. The molecule has 0 saturated heterocycles. The van der Waals surface area contributed by atoms with Crippen LogP contribution in [0.2, 0.25) is 0 Å². The molecule has 0 atom stereocenters. The molecule has 90 valence electrons. The lowest BCUT2D eigenvalue weighted by atomic mass is 10.2. The maximum absolute atomic E-state index is 11.4. The molecule has 2 rings (SSSR count). The van der Waals surface area contributed by atoms with Crippen LogP contribution in [0.25, 0.3) is 10.9 Å². The number of thiol groups is 1. The van der Waals surface area contributed by atoms with Crippen LogP contribution in [0.4, 0.5) is 0 Å². The Kier molecular flexibility index (Phi) is 3.74. The second-order valence-electron chi connectivity index (χ2n) is 4.03. The highest BCUT2D eigenvalue weighted by Crippen LogP contribution is 2.19. The van der Waals surface area contributed by atoms with Gasteiger partial charge in [-0.15, -0.1) is 0 Å². The van der Waals surface area contributed by atoms with Gasteiger partial charge >= 0.3 is 0 Å². The lowest BCUT2D eigenvalue weighted by Gasteiger charge is -2.02. The van der Waals surface area contributed by atoms with E-state index in [0.29, 0.717) is 18.7 Å². The molecule has 0 saturated carbocycles. The number of carbonyl (C=O) groups is 1. The monoisotopic (exact) mass is 248 g/mol. The third kappa shape index (κ3) is 2.64. The van der Waals surface area contributed by atoms with Gasteiger partial charge in [0.2, 0.25) is 5.91 Å². The molecule has 0 radical (unpaired) electrons. The molecule has 1 amide bonds. The van der Waals surface area contributed by atoms with E-state index in [2.05, 4.69) is 40.8 Å². The molecule has 0 spiro atoms. The molecule has 2 aromatic rings. The van der Waals surface area contributed by atoms with Crippen LogP contribution in [-0.4, -0.2) is 16.2 Å². The molecule has 1 N–H and O–H groups in total. The number of para-hydroxylation sites is 1. The Morgan fingerprint density at radius 1 is 1.41 bits per heavy atom. The summed E-state index contributed by atoms with van der Waals surface area (Å²) in [4.78, 5) is 11.4. The van der Waals surface area contributed by atoms with Crippen LogP contribution in [-0.2, 0) is 18.4 Å². The number of nitrogens with zero attached hydrogens (tertiary/aromatic N) is 1. The number of fused-ring (bicyclic) bond motifs is 1. The van der Waals surface area contributed by atoms with Crippen molar-refractivity contribution < 1.29 is 4.79 Å². The van der Waals surface area contributed by atoms with Gasteiger partial charge in [0.05, 0.1) is 0 Å². The van der Waals surface area contributed by atoms with E-state index in [1.807, 2.05) is 19.2 Å². The van der Waals surface area contributed by atoms with Gasteiger partial charge in [-0.3, -0.25) is 4.79 Å². The van der Waals surface area contributed by atoms with Crippen molar-refractivity contribution in [1.29, 1.82) is 0 Å². The molecule has 0 fully saturated rings. The summed E-state index contributed by atoms with van der Waals surface area (Å²) >= 11 is 4.04. The first-order valence-corrected chi connectivity index (χ1v) is 6.26. The first kappa shape index (κ1) is 12.0. The van der Waals surface area contributed by atoms with Crippen molar-refractivity contribution in [2.24, 2.45) is 7.05 Å². The normalized spacial score (nSPS) is 10.7. The predicted octanol–water partition coefficient (Wildman–Crippen LogP) is 2.11. The lowest BCUT2D eigenvalue weighted by Crippen LogP contribution is -2.22. The predicted molar refractivity (Wildman–Crippen MR) is 73.2 cm³/mol. The van der Waals surface area contributed by atoms with E-state index in [0.717, 1.165) is 5.56 Å². The highest BCUT2D eigenvalue weighted by Gasteiger charge is 2.06. The van der Waals surface area contributed by atoms with Crippen LogP contribution in [0.15, 0.2) is 30.5 Å². The van der Waals surface area contributed by atoms with E-state index >= 15 is 0 Å². The second-order valence-corrected chi connectivity index (χ2v) is 4.48. The number of hydrogen-bond acceptors (Lipinski definition) is 2. The van der Waals surface area contributed by atoms with Crippen LogP contribution in [0.1, 0.15) is 12.0 Å². The molecule has 1 aromatic heterocycles. The van der Waals surface area contributed by atoms with Crippen molar-refractivity contribution in [3.05, 3.63) is 36.0 Å². The van der Waals surface area contributed by atoms with E-state index in [4.69, 9.17) is 0 Å². The Morgan fingerprint density at radius 2 is 2.18 bits per heavy atom. The zero-order chi connectivity index (χ0) is 12.3. The second kappa shape index (κ2) is 5.27. The average Bonchev–Trinajstić information content (AvgIpc) is 2.65. The van der Waals surface area contributed by atoms with E-state index < -0.39 is 0 Å². The molecular formula is C13H16N2OS. The number of aryl methyl sites for hydroxylation is 1. The molecule has 0 aliphatic heterocycles. The lowest BCUT2D eigenvalue weighted by molar-refractivity contribution is -0.120. The van der Waals surface area contributed by atoms with Gasteiger partial charge in [-0.05, 0) is 17.4 Å². The minimum Gasteiger partial charge on any atom is -0.352 e. The summed E-state index contributed by atoms with van der Waals surface area (Å²) < 4.78 is 2.08. The van der Waals surface area contributed by atoms with E-state index in [1.165, 1.54) is 10.9 Å². The summed E-state index contributed by atoms with van der Waals surface area (Å²) in [6.07, 6.45) is 2.53. The Bertz CT molecular complexity index is 533. The van der Waals surface area contributed by atoms with Gasteiger partial charge in [0.25, 0.3) is 0 Å². The minimum atomic E-state index is 0.0490. The number of hydrogen-bond donors (Lipinski definition) is 2. The van der Waals surface area contributed by atoms with Gasteiger partial charge in [0.15, 0.2) is 0 Å². The third-order valence-corrected chi connectivity index (χ3v) is 3.02. The van der Waals surface area contributed by atoms with Crippen LogP contribution in [0.5, 0.6) is 0 Å². The van der Waals surface area contributed by atoms with Gasteiger partial charge in [-0.1, -0.05) is 18.2 Å². The first-order chi connectivity index (χ1) is 8.22. The van der Waals surface area contributed by atoms with Crippen molar-refractivity contribution in [3.8, 4) is 0 Å². The summed E-state index contributed by atoms with van der Waals surface area (Å²) in [6, 6.07) is 8.19. The third-order valence-electron chi connectivity index (χ3n) is 2.79. The fourth-order valence-corrected chi connectivity index (χ4v) is 2.15. The highest BCUT2D eigenvalue weighted by atomic mass is 32.1. The van der Waals surface area contributed by atoms with Crippen molar-refractivity contribution in [3.63, 3.8) is 0 Å². The summed E-state index contributed by atoms with van der Waals surface area (Å²) in [5.74, 6) is 0.634. The summed E-state index contributed by atoms with van der Waals surface area (Å²) in [7, 11) is 2.02. The highest BCUT2D eigenvalue weighted by molar-refractivity contribution is 7.80. The number of carbonyl (C=O) groups excluding carboxylic acids is 1. The van der Waals surface area contributed by atoms with Gasteiger partial charge < -0.3 is 9.88 Å². The van der Waals surface area contributed by atoms with Crippen molar-refractivity contribution >= 4 is 29.4 Å². The first-order valence-electron chi connectivity index (χ1n) is 5.63. The van der Waals surface area contributed by atoms with E-state index in [9.17, 15) is 4.79 Å². The SMILES string of the molecule is Cn1cc(CNC(=O)CCS)c2ccccc21. The maximum atomic E-state index is 11.4. The Labute approximate surface area is 106 Å². The molecule has 0 aliphatic rings. The number of nitrogens with one attached hydrogen (secondary N) is 1. The fraction of sp³-hybridized carbons (Fsp3) is 0.308. The van der Waals surface area contributed by atoms with Crippen LogP contribution >= 0.6 is 12.6 Å². The Hall–Kier alpha value is -1.42. The Morgan fingerprint density at radius 3 is 2.94 bits per heavy atom. The molecule has 1 aromatic carbocycles. The quantitative estimate of drug-likeness (QED) is 0.798. The molecule has 1 heterocycles. The number of amides is 1. The van der Waals surface area contributed by atoms with Crippen molar-refractivity contribution in [2.45, 2.75) is 13.0 Å². The molecule has 3 nitrogen and oxygen atoms in total. The average molecular weight is 248 g/mol.